The highest BCUT2D eigenvalue weighted by atomic mass is 16.3. The zero-order chi connectivity index (χ0) is 7.33. The smallest absolute Gasteiger partial charge is 0.120 e. The zero-order valence-electron chi connectivity index (χ0n) is 5.63. The first-order valence-corrected chi connectivity index (χ1v) is 2.92. The fourth-order valence-electron chi connectivity index (χ4n) is 0.453. The summed E-state index contributed by atoms with van der Waals surface area (Å²) >= 11 is 0. The predicted molar refractivity (Wildman–Crippen MR) is 36.1 cm³/mol. The van der Waals surface area contributed by atoms with Crippen LogP contribution in [-0.2, 0) is 4.79 Å². The molecular formula is C7H12O2. The Morgan fingerprint density at radius 1 is 1.78 bits per heavy atom. The van der Waals surface area contributed by atoms with Crippen molar-refractivity contribution in [3.05, 3.63) is 12.7 Å². The number of aliphatic hydroxyl groups is 1. The predicted octanol–water partition coefficient (Wildman–Crippen LogP) is 0.902. The molecule has 0 aliphatic heterocycles. The molecule has 0 aliphatic rings. The van der Waals surface area contributed by atoms with Gasteiger partial charge in [0.2, 0.25) is 0 Å². The number of hydrogen-bond acceptors (Lipinski definition) is 2. The molecule has 1 atom stereocenters. The molecule has 0 aromatic carbocycles. The largest absolute Gasteiger partial charge is 0.386 e. The van der Waals surface area contributed by atoms with E-state index in [4.69, 9.17) is 0 Å². The zero-order valence-corrected chi connectivity index (χ0v) is 5.63. The summed E-state index contributed by atoms with van der Waals surface area (Å²) in [5.41, 5.74) is -0.874. The van der Waals surface area contributed by atoms with Crippen LogP contribution in [0.2, 0.25) is 0 Å². The second kappa shape index (κ2) is 3.41. The molecule has 0 rings (SSSR count). The Balaban J connectivity index is 3.57. The quantitative estimate of drug-likeness (QED) is 0.451. The van der Waals surface area contributed by atoms with Crippen LogP contribution in [0.25, 0.3) is 0 Å². The minimum Gasteiger partial charge on any atom is -0.386 e. The Morgan fingerprint density at radius 2 is 2.33 bits per heavy atom. The summed E-state index contributed by atoms with van der Waals surface area (Å²) in [4.78, 5) is 9.82. The molecule has 0 spiro atoms. The van der Waals surface area contributed by atoms with Crippen LogP contribution < -0.4 is 0 Å². The molecule has 0 aromatic heterocycles. The van der Waals surface area contributed by atoms with Crippen LogP contribution in [0.3, 0.4) is 0 Å². The Kier molecular flexibility index (Phi) is 3.17. The van der Waals surface area contributed by atoms with Crippen LogP contribution in [-0.4, -0.2) is 17.0 Å². The third kappa shape index (κ3) is 3.91. The van der Waals surface area contributed by atoms with Crippen molar-refractivity contribution in [3.8, 4) is 0 Å². The van der Waals surface area contributed by atoms with Crippen molar-refractivity contribution in [3.63, 3.8) is 0 Å². The van der Waals surface area contributed by atoms with Gasteiger partial charge in [0.1, 0.15) is 6.29 Å². The van der Waals surface area contributed by atoms with E-state index in [9.17, 15) is 9.90 Å². The summed E-state index contributed by atoms with van der Waals surface area (Å²) in [5, 5.41) is 9.18. The van der Waals surface area contributed by atoms with E-state index in [1.165, 1.54) is 6.08 Å². The number of aldehydes is 1. The molecule has 0 radical (unpaired) electrons. The van der Waals surface area contributed by atoms with Gasteiger partial charge in [0.25, 0.3) is 0 Å². The molecule has 9 heavy (non-hydrogen) atoms. The molecule has 52 valence electrons. The van der Waals surface area contributed by atoms with Gasteiger partial charge in [-0.2, -0.15) is 0 Å². The Hall–Kier alpha value is -0.630. The molecule has 2 heteroatoms. The maximum absolute atomic E-state index is 9.82. The lowest BCUT2D eigenvalue weighted by Gasteiger charge is -2.15. The second-order valence-corrected chi connectivity index (χ2v) is 2.27. The van der Waals surface area contributed by atoms with Crippen molar-refractivity contribution in [2.75, 3.05) is 0 Å². The summed E-state index contributed by atoms with van der Waals surface area (Å²) in [6.07, 6.45) is 3.08. The molecule has 0 aliphatic carbocycles. The van der Waals surface area contributed by atoms with Gasteiger partial charge in [-0.25, -0.2) is 0 Å². The third-order valence-corrected chi connectivity index (χ3v) is 1.21. The van der Waals surface area contributed by atoms with Crippen LogP contribution in [0.1, 0.15) is 19.8 Å². The average molecular weight is 128 g/mol. The lowest BCUT2D eigenvalue weighted by Crippen LogP contribution is -2.19. The Bertz CT molecular complexity index is 105. The van der Waals surface area contributed by atoms with Crippen LogP contribution in [0.5, 0.6) is 0 Å². The van der Waals surface area contributed by atoms with Gasteiger partial charge in [-0.15, -0.1) is 6.58 Å². The maximum atomic E-state index is 9.82. The molecule has 0 bridgehead atoms. The van der Waals surface area contributed by atoms with E-state index in [0.717, 1.165) is 6.29 Å². The number of rotatable bonds is 4. The van der Waals surface area contributed by atoms with Crippen molar-refractivity contribution in [1.29, 1.82) is 0 Å². The van der Waals surface area contributed by atoms with Crippen LogP contribution in [0, 0.1) is 0 Å². The first-order chi connectivity index (χ1) is 4.12. The van der Waals surface area contributed by atoms with Gasteiger partial charge in [-0.1, -0.05) is 6.08 Å². The van der Waals surface area contributed by atoms with Gasteiger partial charge < -0.3 is 9.90 Å². The minimum atomic E-state index is -0.874. The molecule has 0 saturated carbocycles. The summed E-state index contributed by atoms with van der Waals surface area (Å²) in [6, 6.07) is 0. The lowest BCUT2D eigenvalue weighted by molar-refractivity contribution is -0.108. The highest BCUT2D eigenvalue weighted by Crippen LogP contribution is 2.10. The summed E-state index contributed by atoms with van der Waals surface area (Å²) < 4.78 is 0. The van der Waals surface area contributed by atoms with Crippen molar-refractivity contribution < 1.29 is 9.90 Å². The first-order valence-electron chi connectivity index (χ1n) is 2.92. The van der Waals surface area contributed by atoms with E-state index >= 15 is 0 Å². The monoisotopic (exact) mass is 128 g/mol. The molecule has 1 unspecified atom stereocenters. The lowest BCUT2D eigenvalue weighted by atomic mass is 10.0. The summed E-state index contributed by atoms with van der Waals surface area (Å²) in [5.74, 6) is 0. The van der Waals surface area contributed by atoms with Gasteiger partial charge in [0.15, 0.2) is 0 Å². The number of hydrogen-bond donors (Lipinski definition) is 1. The Morgan fingerprint density at radius 3 is 2.67 bits per heavy atom. The van der Waals surface area contributed by atoms with Crippen LogP contribution >= 0.6 is 0 Å². The summed E-state index contributed by atoms with van der Waals surface area (Å²) in [6.45, 7) is 5.05. The number of carbonyl (C=O) groups is 1. The van der Waals surface area contributed by atoms with Gasteiger partial charge in [0.05, 0.1) is 5.60 Å². The van der Waals surface area contributed by atoms with Gasteiger partial charge in [-0.3, -0.25) is 0 Å². The number of carbonyl (C=O) groups excluding carboxylic acids is 1. The molecule has 1 N–H and O–H groups in total. The van der Waals surface area contributed by atoms with E-state index in [1.807, 2.05) is 0 Å². The van der Waals surface area contributed by atoms with Gasteiger partial charge in [0, 0.05) is 6.42 Å². The molecule has 0 fully saturated rings. The fraction of sp³-hybridized carbons (Fsp3) is 0.571. The highest BCUT2D eigenvalue weighted by Gasteiger charge is 2.13. The van der Waals surface area contributed by atoms with Crippen molar-refractivity contribution >= 4 is 6.29 Å². The van der Waals surface area contributed by atoms with Crippen molar-refractivity contribution in [1.82, 2.24) is 0 Å². The standard InChI is InChI=1S/C7H12O2/c1-3-7(2,9)5-4-6-8/h3,6,9H,1,4-5H2,2H3. The fourth-order valence-corrected chi connectivity index (χ4v) is 0.453. The van der Waals surface area contributed by atoms with E-state index < -0.39 is 5.60 Å². The SMILES string of the molecule is C=CC(C)(O)CCC=O. The first kappa shape index (κ1) is 8.37. The van der Waals surface area contributed by atoms with Gasteiger partial charge in [-0.05, 0) is 13.3 Å². The van der Waals surface area contributed by atoms with E-state index in [-0.39, 0.29) is 0 Å². The van der Waals surface area contributed by atoms with Crippen molar-refractivity contribution in [2.24, 2.45) is 0 Å². The second-order valence-electron chi connectivity index (χ2n) is 2.27. The molecular weight excluding hydrogens is 116 g/mol. The van der Waals surface area contributed by atoms with E-state index in [2.05, 4.69) is 6.58 Å². The topological polar surface area (TPSA) is 37.3 Å². The van der Waals surface area contributed by atoms with E-state index in [1.54, 1.807) is 6.92 Å². The highest BCUT2D eigenvalue weighted by molar-refractivity contribution is 5.49. The molecule has 0 heterocycles. The normalized spacial score (nSPS) is 16.2. The average Bonchev–Trinajstić information content (AvgIpc) is 1.84. The maximum Gasteiger partial charge on any atom is 0.120 e. The minimum absolute atomic E-state index is 0.388. The van der Waals surface area contributed by atoms with Gasteiger partial charge >= 0.3 is 0 Å². The molecule has 0 saturated heterocycles. The van der Waals surface area contributed by atoms with Crippen LogP contribution in [0.4, 0.5) is 0 Å². The molecule has 0 aromatic rings. The molecule has 0 amide bonds. The van der Waals surface area contributed by atoms with E-state index in [0.29, 0.717) is 12.8 Å². The summed E-state index contributed by atoms with van der Waals surface area (Å²) in [7, 11) is 0. The van der Waals surface area contributed by atoms with Crippen molar-refractivity contribution in [2.45, 2.75) is 25.4 Å². The molecule has 2 nitrogen and oxygen atoms in total. The Labute approximate surface area is 55.2 Å². The third-order valence-electron chi connectivity index (χ3n) is 1.21. The van der Waals surface area contributed by atoms with Crippen LogP contribution in [0.15, 0.2) is 12.7 Å².